The molecule has 2 atom stereocenters. The van der Waals surface area contributed by atoms with Crippen molar-refractivity contribution in [1.82, 2.24) is 4.90 Å². The Balaban J connectivity index is 1.97. The second kappa shape index (κ2) is 6.28. The number of nitrogens with zero attached hydrogens (tertiary/aromatic N) is 1. The first kappa shape index (κ1) is 14.9. The van der Waals surface area contributed by atoms with Crippen LogP contribution in [0.25, 0.3) is 0 Å². The molecule has 1 aliphatic rings. The van der Waals surface area contributed by atoms with Gasteiger partial charge in [-0.15, -0.1) is 0 Å². The normalized spacial score (nSPS) is 22.0. The number of benzene rings is 1. The zero-order valence-corrected chi connectivity index (χ0v) is 11.3. The van der Waals surface area contributed by atoms with Crippen LogP contribution in [0, 0.1) is 11.6 Å². The summed E-state index contributed by atoms with van der Waals surface area (Å²) in [5, 5.41) is 0. The highest BCUT2D eigenvalue weighted by Crippen LogP contribution is 2.21. The van der Waals surface area contributed by atoms with Crippen LogP contribution in [0.5, 0.6) is 0 Å². The monoisotopic (exact) mass is 284 g/mol. The molecule has 2 N–H and O–H groups in total. The van der Waals surface area contributed by atoms with Crippen LogP contribution in [0.1, 0.15) is 18.4 Å². The quantitative estimate of drug-likeness (QED) is 0.910. The molecule has 0 radical (unpaired) electrons. The van der Waals surface area contributed by atoms with Crippen LogP contribution in [-0.4, -0.2) is 36.6 Å². The van der Waals surface area contributed by atoms with E-state index < -0.39 is 17.7 Å². The Hall–Kier alpha value is -1.53. The second-order valence-electron chi connectivity index (χ2n) is 4.99. The van der Waals surface area contributed by atoms with E-state index >= 15 is 0 Å². The van der Waals surface area contributed by atoms with Crippen molar-refractivity contribution in [3.8, 4) is 0 Å². The van der Waals surface area contributed by atoms with Crippen molar-refractivity contribution < 1.29 is 18.3 Å². The van der Waals surface area contributed by atoms with Crippen molar-refractivity contribution in [2.24, 2.45) is 5.73 Å². The molecule has 1 amide bonds. The van der Waals surface area contributed by atoms with Gasteiger partial charge in [0.25, 0.3) is 5.91 Å². The molecular weight excluding hydrogens is 266 g/mol. The molecule has 0 unspecified atom stereocenters. The van der Waals surface area contributed by atoms with Gasteiger partial charge in [0.1, 0.15) is 17.7 Å². The summed E-state index contributed by atoms with van der Waals surface area (Å²) in [4.78, 5) is 13.5. The maximum atomic E-state index is 13.5. The Labute approximate surface area is 116 Å². The predicted octanol–water partition coefficient (Wildman–Crippen LogP) is 1.43. The molecule has 0 saturated carbocycles. The van der Waals surface area contributed by atoms with Crippen molar-refractivity contribution in [2.45, 2.75) is 31.6 Å². The third kappa shape index (κ3) is 3.32. The fourth-order valence-electron chi connectivity index (χ4n) is 2.29. The zero-order chi connectivity index (χ0) is 14.7. The van der Waals surface area contributed by atoms with Gasteiger partial charge in [-0.3, -0.25) is 4.79 Å². The molecule has 4 nitrogen and oxygen atoms in total. The van der Waals surface area contributed by atoms with E-state index in [1.807, 2.05) is 0 Å². The number of halogens is 2. The summed E-state index contributed by atoms with van der Waals surface area (Å²) in [6, 6.07) is 3.32. The van der Waals surface area contributed by atoms with Gasteiger partial charge in [-0.1, -0.05) is 6.07 Å². The fraction of sp³-hybridized carbons (Fsp3) is 0.500. The van der Waals surface area contributed by atoms with E-state index in [1.54, 1.807) is 7.05 Å². The average molecular weight is 284 g/mol. The third-order valence-corrected chi connectivity index (χ3v) is 3.44. The largest absolute Gasteiger partial charge is 0.364 e. The van der Waals surface area contributed by atoms with Gasteiger partial charge in [-0.2, -0.15) is 0 Å². The highest BCUT2D eigenvalue weighted by atomic mass is 19.1. The number of carbonyl (C=O) groups excluding carboxylic acids is 1. The third-order valence-electron chi connectivity index (χ3n) is 3.44. The van der Waals surface area contributed by atoms with E-state index in [0.29, 0.717) is 13.0 Å². The molecule has 0 aliphatic carbocycles. The topological polar surface area (TPSA) is 55.6 Å². The molecule has 1 fully saturated rings. The van der Waals surface area contributed by atoms with Crippen molar-refractivity contribution in [1.29, 1.82) is 0 Å². The molecule has 110 valence electrons. The Morgan fingerprint density at radius 2 is 2.20 bits per heavy atom. The fourth-order valence-corrected chi connectivity index (χ4v) is 2.29. The summed E-state index contributed by atoms with van der Waals surface area (Å²) in [6.07, 6.45) is 0.778. The molecule has 0 aromatic heterocycles. The second-order valence-corrected chi connectivity index (χ2v) is 4.99. The lowest BCUT2D eigenvalue weighted by atomic mass is 10.1. The molecule has 1 aromatic rings. The van der Waals surface area contributed by atoms with Crippen LogP contribution in [0.3, 0.4) is 0 Å². The number of hydrogen-bond acceptors (Lipinski definition) is 3. The van der Waals surface area contributed by atoms with Gasteiger partial charge in [-0.05, 0) is 18.9 Å². The average Bonchev–Trinajstić information content (AvgIpc) is 2.89. The van der Waals surface area contributed by atoms with Crippen LogP contribution >= 0.6 is 0 Å². The molecule has 1 heterocycles. The van der Waals surface area contributed by atoms with Crippen LogP contribution in [0.4, 0.5) is 8.78 Å². The summed E-state index contributed by atoms with van der Waals surface area (Å²) >= 11 is 0. The van der Waals surface area contributed by atoms with E-state index in [0.717, 1.165) is 12.5 Å². The predicted molar refractivity (Wildman–Crippen MR) is 69.8 cm³/mol. The highest BCUT2D eigenvalue weighted by molar-refractivity contribution is 5.81. The Bertz CT molecular complexity index is 496. The molecular formula is C14H18F2N2O2. The molecule has 1 aromatic carbocycles. The standard InChI is InChI=1S/C14H18F2N2O2/c1-18(8-9-2-3-10(15)6-12(9)16)14(19)13-5-4-11(7-17)20-13/h2-3,6,11,13H,4-5,7-8,17H2,1H3/t11-,13+/m1/s1. The Kier molecular flexibility index (Phi) is 4.67. The molecule has 0 bridgehead atoms. The van der Waals surface area contributed by atoms with E-state index in [4.69, 9.17) is 10.5 Å². The van der Waals surface area contributed by atoms with Crippen LogP contribution in [-0.2, 0) is 16.1 Å². The van der Waals surface area contributed by atoms with Crippen molar-refractivity contribution in [3.05, 3.63) is 35.4 Å². The first-order valence-electron chi connectivity index (χ1n) is 6.55. The maximum absolute atomic E-state index is 13.5. The molecule has 6 heteroatoms. The van der Waals surface area contributed by atoms with Crippen molar-refractivity contribution in [3.63, 3.8) is 0 Å². The van der Waals surface area contributed by atoms with Crippen molar-refractivity contribution >= 4 is 5.91 Å². The lowest BCUT2D eigenvalue weighted by Gasteiger charge is -2.21. The summed E-state index contributed by atoms with van der Waals surface area (Å²) in [6.45, 7) is 0.470. The molecule has 0 spiro atoms. The number of amides is 1. The maximum Gasteiger partial charge on any atom is 0.251 e. The lowest BCUT2D eigenvalue weighted by molar-refractivity contribution is -0.141. The Morgan fingerprint density at radius 3 is 2.80 bits per heavy atom. The minimum atomic E-state index is -0.656. The van der Waals surface area contributed by atoms with Gasteiger partial charge in [0, 0.05) is 31.8 Å². The first-order chi connectivity index (χ1) is 9.51. The van der Waals surface area contributed by atoms with Gasteiger partial charge in [0.15, 0.2) is 0 Å². The molecule has 2 rings (SSSR count). The van der Waals surface area contributed by atoms with Gasteiger partial charge in [0.05, 0.1) is 6.10 Å². The summed E-state index contributed by atoms with van der Waals surface area (Å²) in [7, 11) is 1.57. The lowest BCUT2D eigenvalue weighted by Crippen LogP contribution is -2.36. The van der Waals surface area contributed by atoms with E-state index in [-0.39, 0.29) is 24.1 Å². The van der Waals surface area contributed by atoms with Crippen LogP contribution < -0.4 is 5.73 Å². The zero-order valence-electron chi connectivity index (χ0n) is 11.3. The molecule has 20 heavy (non-hydrogen) atoms. The number of hydrogen-bond donors (Lipinski definition) is 1. The number of likely N-dealkylation sites (N-methyl/N-ethyl adjacent to an activating group) is 1. The van der Waals surface area contributed by atoms with Crippen molar-refractivity contribution in [2.75, 3.05) is 13.6 Å². The van der Waals surface area contributed by atoms with Gasteiger partial charge < -0.3 is 15.4 Å². The highest BCUT2D eigenvalue weighted by Gasteiger charge is 2.31. The first-order valence-corrected chi connectivity index (χ1v) is 6.55. The van der Waals surface area contributed by atoms with Gasteiger partial charge >= 0.3 is 0 Å². The summed E-state index contributed by atoms with van der Waals surface area (Å²) < 4.78 is 31.9. The molecule has 1 aliphatic heterocycles. The van der Waals surface area contributed by atoms with Crippen LogP contribution in [0.15, 0.2) is 18.2 Å². The summed E-state index contributed by atoms with van der Waals surface area (Å²) in [5.74, 6) is -1.49. The summed E-state index contributed by atoms with van der Waals surface area (Å²) in [5.41, 5.74) is 5.77. The van der Waals surface area contributed by atoms with Gasteiger partial charge in [0.2, 0.25) is 0 Å². The molecule has 1 saturated heterocycles. The number of nitrogens with two attached hydrogens (primary N) is 1. The Morgan fingerprint density at radius 1 is 1.45 bits per heavy atom. The van der Waals surface area contributed by atoms with E-state index in [2.05, 4.69) is 0 Å². The number of carbonyl (C=O) groups is 1. The van der Waals surface area contributed by atoms with Crippen LogP contribution in [0.2, 0.25) is 0 Å². The van der Waals surface area contributed by atoms with E-state index in [1.165, 1.54) is 17.0 Å². The van der Waals surface area contributed by atoms with Gasteiger partial charge in [-0.25, -0.2) is 8.78 Å². The smallest absolute Gasteiger partial charge is 0.251 e. The minimum absolute atomic E-state index is 0.0814. The number of rotatable bonds is 4. The number of ether oxygens (including phenoxy) is 1. The minimum Gasteiger partial charge on any atom is -0.364 e. The van der Waals surface area contributed by atoms with E-state index in [9.17, 15) is 13.6 Å². The SMILES string of the molecule is CN(Cc1ccc(F)cc1F)C(=O)[C@@H]1CC[C@H](CN)O1.